The van der Waals surface area contributed by atoms with Crippen LogP contribution in [-0.2, 0) is 20.9 Å². The third kappa shape index (κ3) is 5.04. The summed E-state index contributed by atoms with van der Waals surface area (Å²) in [6.07, 6.45) is 5.93. The van der Waals surface area contributed by atoms with Crippen LogP contribution in [0.25, 0.3) is 6.08 Å². The van der Waals surface area contributed by atoms with E-state index in [-0.39, 0.29) is 29.3 Å². The number of hydrogen-bond donors (Lipinski definition) is 1. The molecule has 2 unspecified atom stereocenters. The second-order valence-electron chi connectivity index (χ2n) is 7.97. The fraction of sp³-hybridized carbons (Fsp3) is 0.455. The van der Waals surface area contributed by atoms with E-state index in [1.807, 2.05) is 11.0 Å². The Balaban J connectivity index is 1.58. The zero-order valence-electron chi connectivity index (χ0n) is 17.3. The lowest BCUT2D eigenvalue weighted by Gasteiger charge is -2.37. The number of nitrogens with zero attached hydrogens (tertiary/aromatic N) is 4. The molecular weight excluding hydrogens is 419 g/mol. The molecule has 2 aromatic rings. The number of Topliss-reactive ketones (excluding diaryl/α,β-unsaturated/α-hetero) is 1. The molecule has 9 heteroatoms. The smallest absolute Gasteiger partial charge is 0.329 e. The number of methoxy groups -OCH3 is 1. The van der Waals surface area contributed by atoms with Crippen LogP contribution in [0.15, 0.2) is 36.0 Å². The molecule has 2 fully saturated rings. The number of carbonyl (C=O) groups excluding carboxylic acids is 2. The fourth-order valence-corrected chi connectivity index (χ4v) is 4.17. The van der Waals surface area contributed by atoms with Gasteiger partial charge in [0.25, 0.3) is 0 Å². The molecule has 1 aromatic carbocycles. The molecule has 2 heterocycles. The van der Waals surface area contributed by atoms with Gasteiger partial charge in [0, 0.05) is 29.8 Å². The zero-order valence-corrected chi connectivity index (χ0v) is 18.2. The summed E-state index contributed by atoms with van der Waals surface area (Å²) in [6.45, 7) is 1.06. The first-order valence-corrected chi connectivity index (χ1v) is 10.9. The Morgan fingerprint density at radius 1 is 1.32 bits per heavy atom. The quantitative estimate of drug-likeness (QED) is 0.523. The van der Waals surface area contributed by atoms with Gasteiger partial charge in [-0.1, -0.05) is 18.2 Å². The molecule has 31 heavy (non-hydrogen) atoms. The van der Waals surface area contributed by atoms with Crippen molar-refractivity contribution in [2.75, 3.05) is 20.2 Å². The van der Waals surface area contributed by atoms with Gasteiger partial charge in [-0.15, -0.1) is 0 Å². The van der Waals surface area contributed by atoms with Crippen LogP contribution < -0.4 is 0 Å². The van der Waals surface area contributed by atoms with Crippen molar-refractivity contribution in [1.82, 2.24) is 19.9 Å². The molecule has 1 saturated carbocycles. The molecule has 1 aliphatic heterocycles. The average Bonchev–Trinajstić information content (AvgIpc) is 3.53. The second-order valence-corrected chi connectivity index (χ2v) is 8.59. The van der Waals surface area contributed by atoms with Crippen molar-refractivity contribution in [2.24, 2.45) is 5.92 Å². The van der Waals surface area contributed by atoms with Gasteiger partial charge in [-0.25, -0.2) is 9.18 Å². The SMILES string of the molecule is COC(=O)Cn1ncc(C=C2CN(C(C(=O)C3CC3)c3ccccc3F)CCC2S)n1. The fourth-order valence-electron chi connectivity index (χ4n) is 3.90. The third-order valence-corrected chi connectivity index (χ3v) is 6.29. The molecule has 2 aliphatic rings. The highest BCUT2D eigenvalue weighted by Crippen LogP contribution is 2.39. The Bertz CT molecular complexity index is 1000. The van der Waals surface area contributed by atoms with Gasteiger partial charge in [0.2, 0.25) is 0 Å². The van der Waals surface area contributed by atoms with Gasteiger partial charge in [-0.05, 0) is 37.0 Å². The maximum atomic E-state index is 14.6. The number of likely N-dealkylation sites (tertiary alicyclic amines) is 1. The number of aromatic nitrogens is 3. The number of esters is 1. The largest absolute Gasteiger partial charge is 0.468 e. The maximum Gasteiger partial charge on any atom is 0.329 e. The van der Waals surface area contributed by atoms with Gasteiger partial charge in [-0.3, -0.25) is 9.69 Å². The number of benzene rings is 1. The van der Waals surface area contributed by atoms with Gasteiger partial charge in [0.1, 0.15) is 11.5 Å². The lowest BCUT2D eigenvalue weighted by atomic mass is 9.93. The van der Waals surface area contributed by atoms with Gasteiger partial charge in [-0.2, -0.15) is 27.6 Å². The van der Waals surface area contributed by atoms with E-state index in [0.717, 1.165) is 24.8 Å². The minimum atomic E-state index is -0.604. The Labute approximate surface area is 185 Å². The Morgan fingerprint density at radius 3 is 2.81 bits per heavy atom. The highest BCUT2D eigenvalue weighted by molar-refractivity contribution is 7.81. The molecule has 0 radical (unpaired) electrons. The van der Waals surface area contributed by atoms with E-state index >= 15 is 0 Å². The molecule has 1 aromatic heterocycles. The normalized spacial score (nSPS) is 21.8. The first-order chi connectivity index (χ1) is 15.0. The van der Waals surface area contributed by atoms with E-state index in [1.165, 1.54) is 18.0 Å². The molecule has 0 bridgehead atoms. The molecule has 2 atom stereocenters. The summed E-state index contributed by atoms with van der Waals surface area (Å²) < 4.78 is 19.3. The molecule has 4 rings (SSSR count). The summed E-state index contributed by atoms with van der Waals surface area (Å²) in [5, 5.41) is 8.38. The van der Waals surface area contributed by atoms with Crippen molar-refractivity contribution in [3.8, 4) is 0 Å². The van der Waals surface area contributed by atoms with E-state index in [2.05, 4.69) is 14.9 Å². The zero-order chi connectivity index (χ0) is 22.0. The number of ether oxygens (including phenoxy) is 1. The number of piperidine rings is 1. The molecule has 0 spiro atoms. The van der Waals surface area contributed by atoms with Crippen LogP contribution >= 0.6 is 12.6 Å². The van der Waals surface area contributed by atoms with Crippen LogP contribution in [0.5, 0.6) is 0 Å². The standard InChI is InChI=1S/C22H25FN4O3S/c1-30-20(28)13-27-24-11-16(25-27)10-15-12-26(9-8-19(15)31)21(22(29)14-6-7-14)17-4-2-3-5-18(17)23/h2-5,10-11,14,19,21,31H,6-9,12-13H2,1H3. The lowest BCUT2D eigenvalue weighted by Crippen LogP contribution is -2.42. The van der Waals surface area contributed by atoms with Crippen LogP contribution in [0, 0.1) is 11.7 Å². The van der Waals surface area contributed by atoms with Crippen LogP contribution in [-0.4, -0.2) is 57.1 Å². The van der Waals surface area contributed by atoms with Crippen molar-refractivity contribution >= 4 is 30.5 Å². The third-order valence-electron chi connectivity index (χ3n) is 5.70. The number of rotatable bonds is 7. The number of ketones is 1. The molecule has 164 valence electrons. The van der Waals surface area contributed by atoms with Crippen molar-refractivity contribution in [3.63, 3.8) is 0 Å². The van der Waals surface area contributed by atoms with E-state index in [9.17, 15) is 14.0 Å². The topological polar surface area (TPSA) is 77.3 Å². The number of halogens is 1. The number of hydrogen-bond acceptors (Lipinski definition) is 7. The molecular formula is C22H25FN4O3S. The summed E-state index contributed by atoms with van der Waals surface area (Å²) in [5.74, 6) is -0.683. The van der Waals surface area contributed by atoms with E-state index in [4.69, 9.17) is 12.6 Å². The van der Waals surface area contributed by atoms with Gasteiger partial charge < -0.3 is 4.74 Å². The molecule has 0 N–H and O–H groups in total. The number of carbonyl (C=O) groups is 2. The summed E-state index contributed by atoms with van der Waals surface area (Å²) in [7, 11) is 1.31. The highest BCUT2D eigenvalue weighted by Gasteiger charge is 2.40. The van der Waals surface area contributed by atoms with E-state index in [0.29, 0.717) is 24.3 Å². The van der Waals surface area contributed by atoms with Crippen molar-refractivity contribution < 1.29 is 18.7 Å². The van der Waals surface area contributed by atoms with E-state index in [1.54, 1.807) is 24.4 Å². The highest BCUT2D eigenvalue weighted by atomic mass is 32.1. The lowest BCUT2D eigenvalue weighted by molar-refractivity contribution is -0.141. The Morgan fingerprint density at radius 2 is 2.10 bits per heavy atom. The summed E-state index contributed by atoms with van der Waals surface area (Å²) >= 11 is 4.70. The molecule has 7 nitrogen and oxygen atoms in total. The monoisotopic (exact) mass is 444 g/mol. The minimum absolute atomic E-state index is 0.000644. The summed E-state index contributed by atoms with van der Waals surface area (Å²) in [4.78, 5) is 27.8. The van der Waals surface area contributed by atoms with Crippen molar-refractivity contribution in [1.29, 1.82) is 0 Å². The molecule has 1 saturated heterocycles. The number of thiol groups is 1. The Hall–Kier alpha value is -2.52. The van der Waals surface area contributed by atoms with E-state index < -0.39 is 12.0 Å². The van der Waals surface area contributed by atoms with Gasteiger partial charge in [0.05, 0.1) is 19.3 Å². The average molecular weight is 445 g/mol. The molecule has 1 aliphatic carbocycles. The minimum Gasteiger partial charge on any atom is -0.468 e. The predicted octanol–water partition coefficient (Wildman–Crippen LogP) is 2.70. The van der Waals surface area contributed by atoms with Gasteiger partial charge >= 0.3 is 5.97 Å². The van der Waals surface area contributed by atoms with Gasteiger partial charge in [0.15, 0.2) is 12.3 Å². The maximum absolute atomic E-state index is 14.6. The van der Waals surface area contributed by atoms with Crippen molar-refractivity contribution in [3.05, 3.63) is 53.1 Å². The van der Waals surface area contributed by atoms with Crippen LogP contribution in [0.2, 0.25) is 0 Å². The van der Waals surface area contributed by atoms with Crippen LogP contribution in [0.3, 0.4) is 0 Å². The second kappa shape index (κ2) is 9.32. The first kappa shape index (κ1) is 21.7. The molecule has 0 amide bonds. The summed E-state index contributed by atoms with van der Waals surface area (Å²) in [6, 6.07) is 5.92. The predicted molar refractivity (Wildman–Crippen MR) is 116 cm³/mol. The Kier molecular flexibility index (Phi) is 6.52. The van der Waals surface area contributed by atoms with Crippen LogP contribution in [0.4, 0.5) is 4.39 Å². The summed E-state index contributed by atoms with van der Waals surface area (Å²) in [5.41, 5.74) is 2.00. The van der Waals surface area contributed by atoms with Crippen molar-refractivity contribution in [2.45, 2.75) is 37.1 Å². The first-order valence-electron chi connectivity index (χ1n) is 10.3. The van der Waals surface area contributed by atoms with Crippen LogP contribution in [0.1, 0.15) is 36.6 Å².